The Labute approximate surface area is 127 Å². The highest BCUT2D eigenvalue weighted by molar-refractivity contribution is 5.69. The Balaban J connectivity index is 2.28. The molecule has 1 aliphatic rings. The number of anilines is 1. The number of carbonyl (C=O) groups is 1. The summed E-state index contributed by atoms with van der Waals surface area (Å²) in [4.78, 5) is 13.6. The minimum atomic E-state index is -2.85. The lowest BCUT2D eigenvalue weighted by molar-refractivity contribution is -0.0809. The normalized spacial score (nSPS) is 21.5. The highest BCUT2D eigenvalue weighted by Gasteiger charge is 2.44. The molecule has 1 unspecified atom stereocenters. The van der Waals surface area contributed by atoms with Crippen molar-refractivity contribution in [1.82, 2.24) is 15.1 Å². The van der Waals surface area contributed by atoms with Crippen LogP contribution in [0.15, 0.2) is 12.3 Å². The third-order valence-corrected chi connectivity index (χ3v) is 3.29. The van der Waals surface area contributed by atoms with Crippen LogP contribution in [-0.2, 0) is 4.74 Å². The summed E-state index contributed by atoms with van der Waals surface area (Å²) in [5, 5.41) is 7.28. The smallest absolute Gasteiger partial charge is 0.410 e. The summed E-state index contributed by atoms with van der Waals surface area (Å²) in [5.41, 5.74) is 5.29. The van der Waals surface area contributed by atoms with Crippen molar-refractivity contribution in [1.29, 1.82) is 0 Å². The summed E-state index contributed by atoms with van der Waals surface area (Å²) in [6.07, 6.45) is -0.156. The molecule has 0 aliphatic carbocycles. The predicted octanol–water partition coefficient (Wildman–Crippen LogP) is 2.77. The molecule has 1 atom stereocenters. The van der Waals surface area contributed by atoms with Crippen molar-refractivity contribution >= 4 is 11.9 Å². The van der Waals surface area contributed by atoms with Gasteiger partial charge in [-0.15, -0.1) is 5.10 Å². The Morgan fingerprint density at radius 1 is 1.50 bits per heavy atom. The van der Waals surface area contributed by atoms with Gasteiger partial charge < -0.3 is 15.4 Å². The van der Waals surface area contributed by atoms with E-state index >= 15 is 0 Å². The fourth-order valence-corrected chi connectivity index (χ4v) is 2.35. The Morgan fingerprint density at radius 2 is 2.18 bits per heavy atom. The average Bonchev–Trinajstić information content (AvgIpc) is 2.35. The molecule has 2 N–H and O–H groups in total. The predicted molar refractivity (Wildman–Crippen MR) is 76.3 cm³/mol. The van der Waals surface area contributed by atoms with Crippen LogP contribution in [0.25, 0.3) is 0 Å². The number of nitrogens with zero attached hydrogens (tertiary/aromatic N) is 3. The largest absolute Gasteiger partial charge is 0.444 e. The lowest BCUT2D eigenvalue weighted by atomic mass is 9.94. The van der Waals surface area contributed by atoms with Gasteiger partial charge in [-0.05, 0) is 32.4 Å². The number of ether oxygens (including phenoxy) is 1. The SMILES string of the molecule is CC(C)(C)OC(=O)N1CCC(F)(F)CC1c1cnnc(N)c1. The highest BCUT2D eigenvalue weighted by Crippen LogP contribution is 2.40. The van der Waals surface area contributed by atoms with E-state index in [4.69, 9.17) is 10.5 Å². The van der Waals surface area contributed by atoms with Crippen molar-refractivity contribution in [3.8, 4) is 0 Å². The number of likely N-dealkylation sites (tertiary alicyclic amines) is 1. The van der Waals surface area contributed by atoms with Gasteiger partial charge in [-0.25, -0.2) is 13.6 Å². The van der Waals surface area contributed by atoms with E-state index in [9.17, 15) is 13.6 Å². The fourth-order valence-electron chi connectivity index (χ4n) is 2.35. The second kappa shape index (κ2) is 5.66. The number of alkyl halides is 2. The van der Waals surface area contributed by atoms with Gasteiger partial charge in [0.1, 0.15) is 11.4 Å². The van der Waals surface area contributed by atoms with Gasteiger partial charge in [-0.1, -0.05) is 0 Å². The molecule has 2 heterocycles. The number of carbonyl (C=O) groups excluding carboxylic acids is 1. The third kappa shape index (κ3) is 4.02. The van der Waals surface area contributed by atoms with Gasteiger partial charge in [0, 0.05) is 19.4 Å². The Morgan fingerprint density at radius 3 is 2.77 bits per heavy atom. The van der Waals surface area contributed by atoms with Gasteiger partial charge in [0.2, 0.25) is 0 Å². The average molecular weight is 314 g/mol. The second-order valence-corrected chi connectivity index (χ2v) is 6.41. The molecule has 2 rings (SSSR count). The molecule has 1 fully saturated rings. The van der Waals surface area contributed by atoms with E-state index < -0.39 is 36.5 Å². The molecule has 1 amide bonds. The number of hydrogen-bond donors (Lipinski definition) is 1. The summed E-state index contributed by atoms with van der Waals surface area (Å²) in [5.74, 6) is -2.73. The van der Waals surface area contributed by atoms with Crippen molar-refractivity contribution in [2.45, 2.75) is 51.2 Å². The fraction of sp³-hybridized carbons (Fsp3) is 0.643. The minimum absolute atomic E-state index is 0.0885. The summed E-state index contributed by atoms with van der Waals surface area (Å²) < 4.78 is 32.8. The maximum atomic E-state index is 13.8. The van der Waals surface area contributed by atoms with Gasteiger partial charge in [0.05, 0.1) is 12.2 Å². The molecule has 1 aromatic rings. The van der Waals surface area contributed by atoms with Crippen molar-refractivity contribution in [3.63, 3.8) is 0 Å². The van der Waals surface area contributed by atoms with E-state index in [1.807, 2.05) is 0 Å². The van der Waals surface area contributed by atoms with Crippen LogP contribution in [0.4, 0.5) is 19.4 Å². The molecule has 0 radical (unpaired) electrons. The number of nitrogens with two attached hydrogens (primary N) is 1. The monoisotopic (exact) mass is 314 g/mol. The highest BCUT2D eigenvalue weighted by atomic mass is 19.3. The van der Waals surface area contributed by atoms with E-state index in [1.165, 1.54) is 17.2 Å². The number of nitrogen functional groups attached to an aromatic ring is 1. The Bertz CT molecular complexity index is 560. The van der Waals surface area contributed by atoms with Gasteiger partial charge >= 0.3 is 6.09 Å². The Kier molecular flexibility index (Phi) is 4.21. The van der Waals surface area contributed by atoms with Gasteiger partial charge in [0.25, 0.3) is 5.92 Å². The van der Waals surface area contributed by atoms with Crippen LogP contribution >= 0.6 is 0 Å². The van der Waals surface area contributed by atoms with Crippen molar-refractivity contribution in [2.24, 2.45) is 0 Å². The molecule has 1 aromatic heterocycles. The van der Waals surface area contributed by atoms with Crippen molar-refractivity contribution in [2.75, 3.05) is 12.3 Å². The topological polar surface area (TPSA) is 81.3 Å². The van der Waals surface area contributed by atoms with Crippen LogP contribution in [0.3, 0.4) is 0 Å². The van der Waals surface area contributed by atoms with E-state index in [-0.39, 0.29) is 12.4 Å². The van der Waals surface area contributed by atoms with Crippen LogP contribution in [0.2, 0.25) is 0 Å². The van der Waals surface area contributed by atoms with Crippen LogP contribution in [0.5, 0.6) is 0 Å². The van der Waals surface area contributed by atoms with Crippen molar-refractivity contribution in [3.05, 3.63) is 17.8 Å². The molecule has 0 saturated carbocycles. The molecule has 22 heavy (non-hydrogen) atoms. The third-order valence-electron chi connectivity index (χ3n) is 3.29. The summed E-state index contributed by atoms with van der Waals surface area (Å²) in [6, 6.07) is 0.618. The van der Waals surface area contributed by atoms with Crippen LogP contribution in [-0.4, -0.2) is 39.3 Å². The first-order chi connectivity index (χ1) is 10.1. The van der Waals surface area contributed by atoms with E-state index in [0.717, 1.165) is 0 Å². The maximum Gasteiger partial charge on any atom is 0.410 e. The Hall–Kier alpha value is -1.99. The van der Waals surface area contributed by atoms with Crippen LogP contribution in [0, 0.1) is 0 Å². The van der Waals surface area contributed by atoms with Crippen LogP contribution < -0.4 is 5.73 Å². The number of halogens is 2. The first-order valence-electron chi connectivity index (χ1n) is 7.03. The van der Waals surface area contributed by atoms with Gasteiger partial charge in [-0.3, -0.25) is 0 Å². The summed E-state index contributed by atoms with van der Waals surface area (Å²) in [7, 11) is 0. The molecule has 1 aliphatic heterocycles. The number of rotatable bonds is 1. The standard InChI is InChI=1S/C14H20F2N4O2/c1-13(2,3)22-12(21)20-5-4-14(15,16)7-10(20)9-6-11(17)19-18-8-9/h6,8,10H,4-5,7H2,1-3H3,(H2,17,19). The molecular formula is C14H20F2N4O2. The molecule has 1 saturated heterocycles. The zero-order valence-electron chi connectivity index (χ0n) is 12.8. The summed E-state index contributed by atoms with van der Waals surface area (Å²) in [6.45, 7) is 5.09. The first-order valence-corrected chi connectivity index (χ1v) is 7.03. The number of amides is 1. The lowest BCUT2D eigenvalue weighted by Crippen LogP contribution is -2.46. The van der Waals surface area contributed by atoms with E-state index in [0.29, 0.717) is 5.56 Å². The minimum Gasteiger partial charge on any atom is -0.444 e. The maximum absolute atomic E-state index is 13.8. The first kappa shape index (κ1) is 16.4. The molecule has 0 bridgehead atoms. The van der Waals surface area contributed by atoms with E-state index in [1.54, 1.807) is 20.8 Å². The lowest BCUT2D eigenvalue weighted by Gasteiger charge is -2.39. The number of aromatic nitrogens is 2. The van der Waals surface area contributed by atoms with Crippen LogP contribution in [0.1, 0.15) is 45.2 Å². The number of hydrogen-bond acceptors (Lipinski definition) is 5. The zero-order valence-corrected chi connectivity index (χ0v) is 12.8. The van der Waals surface area contributed by atoms with Crippen molar-refractivity contribution < 1.29 is 18.3 Å². The summed E-state index contributed by atoms with van der Waals surface area (Å²) >= 11 is 0. The molecule has 8 heteroatoms. The molecule has 0 spiro atoms. The van der Waals surface area contributed by atoms with Gasteiger partial charge in [0.15, 0.2) is 0 Å². The van der Waals surface area contributed by atoms with E-state index in [2.05, 4.69) is 10.2 Å². The van der Waals surface area contributed by atoms with Gasteiger partial charge in [-0.2, -0.15) is 5.10 Å². The second-order valence-electron chi connectivity index (χ2n) is 6.41. The number of piperidine rings is 1. The molecule has 122 valence electrons. The quantitative estimate of drug-likeness (QED) is 0.862. The molecule has 6 nitrogen and oxygen atoms in total. The molecular weight excluding hydrogens is 294 g/mol. The zero-order chi connectivity index (χ0) is 16.5. The molecule has 0 aromatic carbocycles.